The summed E-state index contributed by atoms with van der Waals surface area (Å²) in [4.78, 5) is 13.1. The fourth-order valence-electron chi connectivity index (χ4n) is 2.46. The van der Waals surface area contributed by atoms with E-state index in [0.29, 0.717) is 24.0 Å². The fraction of sp³-hybridized carbons (Fsp3) is 0.417. The average molecular weight is 313 g/mol. The molecule has 3 rings (SSSR count). The van der Waals surface area contributed by atoms with Gasteiger partial charge in [0.15, 0.2) is 0 Å². The Morgan fingerprint density at radius 3 is 2.90 bits per heavy atom. The normalized spacial score (nSPS) is 19.6. The van der Waals surface area contributed by atoms with Gasteiger partial charge in [-0.15, -0.1) is 3.89 Å². The van der Waals surface area contributed by atoms with Crippen molar-refractivity contribution in [3.63, 3.8) is 0 Å². The quantitative estimate of drug-likeness (QED) is 0.770. The van der Waals surface area contributed by atoms with E-state index in [0.717, 1.165) is 5.56 Å². The number of fused-ring (bicyclic) bond motifs is 1. The first-order chi connectivity index (χ1) is 9.95. The van der Waals surface area contributed by atoms with Gasteiger partial charge in [-0.3, -0.25) is 4.79 Å². The van der Waals surface area contributed by atoms with Gasteiger partial charge in [-0.05, 0) is 28.4 Å². The Labute approximate surface area is 119 Å². The van der Waals surface area contributed by atoms with Gasteiger partial charge < -0.3 is 4.90 Å². The van der Waals surface area contributed by atoms with Crippen molar-refractivity contribution in [2.24, 2.45) is 0 Å². The van der Waals surface area contributed by atoms with Gasteiger partial charge in [0, 0.05) is 19.5 Å². The molecule has 2 heterocycles. The summed E-state index contributed by atoms with van der Waals surface area (Å²) in [6.45, 7) is 0.196. The molecule has 0 saturated carbocycles. The Hall–Kier alpha value is -2.03. The molecule has 0 spiro atoms. The molecule has 1 amide bonds. The highest BCUT2D eigenvalue weighted by Gasteiger charge is 2.38. The lowest BCUT2D eigenvalue weighted by atomic mass is 10.1. The number of hydrogen-bond donors (Lipinski definition) is 0. The zero-order valence-corrected chi connectivity index (χ0v) is 11.7. The van der Waals surface area contributed by atoms with Gasteiger partial charge in [0.2, 0.25) is 5.91 Å². The summed E-state index contributed by atoms with van der Waals surface area (Å²) in [5.74, 6) is -0.355. The molecule has 1 fully saturated rings. The zero-order valence-electron chi connectivity index (χ0n) is 10.9. The Morgan fingerprint density at radius 2 is 2.19 bits per heavy atom. The van der Waals surface area contributed by atoms with Gasteiger partial charge in [0.1, 0.15) is 16.3 Å². The third-order valence-electron chi connectivity index (χ3n) is 3.60. The summed E-state index contributed by atoms with van der Waals surface area (Å²) in [5.41, 5.74) is 2.07. The second-order valence-corrected chi connectivity index (χ2v) is 6.56. The molecule has 1 aliphatic rings. The van der Waals surface area contributed by atoms with Crippen LogP contribution >= 0.6 is 0 Å². The van der Waals surface area contributed by atoms with Crippen LogP contribution in [-0.4, -0.2) is 47.9 Å². The molecule has 9 heteroatoms. The second kappa shape index (κ2) is 5.06. The van der Waals surface area contributed by atoms with Crippen LogP contribution in [0.1, 0.15) is 12.0 Å². The molecule has 1 saturated heterocycles. The predicted octanol–water partition coefficient (Wildman–Crippen LogP) is 0.665. The van der Waals surface area contributed by atoms with Crippen LogP contribution in [0.2, 0.25) is 0 Å². The third kappa shape index (κ3) is 2.73. The van der Waals surface area contributed by atoms with Crippen LogP contribution < -0.4 is 0 Å². The Kier molecular flexibility index (Phi) is 3.36. The minimum Gasteiger partial charge on any atom is -0.341 e. The van der Waals surface area contributed by atoms with Gasteiger partial charge in [-0.2, -0.15) is 8.42 Å². The number of benzene rings is 1. The summed E-state index contributed by atoms with van der Waals surface area (Å²) >= 11 is 0. The van der Waals surface area contributed by atoms with Crippen LogP contribution in [0.3, 0.4) is 0 Å². The number of rotatable bonds is 4. The molecule has 1 aromatic carbocycles. The lowest BCUT2D eigenvalue weighted by Crippen LogP contribution is -2.29. The molecule has 1 aliphatic heterocycles. The van der Waals surface area contributed by atoms with E-state index in [-0.39, 0.29) is 18.9 Å². The van der Waals surface area contributed by atoms with E-state index in [4.69, 9.17) is 0 Å². The van der Waals surface area contributed by atoms with Gasteiger partial charge in [-0.25, -0.2) is 4.63 Å². The maximum absolute atomic E-state index is 12.9. The Bertz CT molecular complexity index is 789. The highest BCUT2D eigenvalue weighted by molar-refractivity contribution is 7.87. The number of amides is 1. The monoisotopic (exact) mass is 313 g/mol. The maximum atomic E-state index is 12.9. The van der Waals surface area contributed by atoms with E-state index in [1.807, 2.05) is 6.07 Å². The van der Waals surface area contributed by atoms with Crippen LogP contribution in [0, 0.1) is 0 Å². The van der Waals surface area contributed by atoms with Crippen LogP contribution in [0.5, 0.6) is 0 Å². The van der Waals surface area contributed by atoms with Crippen LogP contribution in [-0.2, 0) is 21.4 Å². The summed E-state index contributed by atoms with van der Waals surface area (Å²) in [6.07, 6.45) is 0.172. The number of likely N-dealkylation sites (tertiary alicyclic amines) is 1. The molecule has 21 heavy (non-hydrogen) atoms. The van der Waals surface area contributed by atoms with Crippen LogP contribution in [0.15, 0.2) is 22.8 Å². The topological polar surface area (TPSA) is 93.4 Å². The van der Waals surface area contributed by atoms with Crippen molar-refractivity contribution in [1.82, 2.24) is 15.2 Å². The standard InChI is InChI=1S/C12H12FN3O4S/c13-21(18,19)9-6-11(17)16(7-9)5-4-8-2-1-3-10-12(8)15-20-14-10/h1-3,9H,4-7H2. The number of nitrogens with zero attached hydrogens (tertiary/aromatic N) is 3. The van der Waals surface area contributed by atoms with Crippen LogP contribution in [0.4, 0.5) is 3.89 Å². The molecule has 112 valence electrons. The first kappa shape index (κ1) is 13.9. The van der Waals surface area contributed by atoms with E-state index < -0.39 is 15.5 Å². The Morgan fingerprint density at radius 1 is 1.38 bits per heavy atom. The molecule has 0 radical (unpaired) electrons. The average Bonchev–Trinajstić information content (AvgIpc) is 3.02. The van der Waals surface area contributed by atoms with Crippen molar-refractivity contribution in [3.05, 3.63) is 23.8 Å². The largest absolute Gasteiger partial charge is 0.341 e. The maximum Gasteiger partial charge on any atom is 0.307 e. The minimum atomic E-state index is -4.68. The van der Waals surface area contributed by atoms with Crippen molar-refractivity contribution in [2.45, 2.75) is 18.1 Å². The number of aromatic nitrogens is 2. The highest BCUT2D eigenvalue weighted by Crippen LogP contribution is 2.21. The summed E-state index contributed by atoms with van der Waals surface area (Å²) in [6, 6.07) is 5.38. The first-order valence-electron chi connectivity index (χ1n) is 6.36. The Balaban J connectivity index is 1.71. The fourth-order valence-corrected chi connectivity index (χ4v) is 3.16. The molecular weight excluding hydrogens is 301 g/mol. The number of carbonyl (C=O) groups excluding carboxylic acids is 1. The van der Waals surface area contributed by atoms with E-state index in [2.05, 4.69) is 14.9 Å². The molecule has 2 aromatic rings. The number of halogens is 1. The molecule has 0 bridgehead atoms. The number of carbonyl (C=O) groups is 1. The molecule has 0 aliphatic carbocycles. The molecule has 1 unspecified atom stereocenters. The molecular formula is C12H12FN3O4S. The van der Waals surface area contributed by atoms with Gasteiger partial charge in [-0.1, -0.05) is 12.1 Å². The van der Waals surface area contributed by atoms with E-state index >= 15 is 0 Å². The zero-order chi connectivity index (χ0) is 15.0. The van der Waals surface area contributed by atoms with Gasteiger partial charge in [0.05, 0.1) is 0 Å². The smallest absolute Gasteiger partial charge is 0.307 e. The number of hydrogen-bond acceptors (Lipinski definition) is 6. The van der Waals surface area contributed by atoms with Crippen molar-refractivity contribution < 1.29 is 21.7 Å². The van der Waals surface area contributed by atoms with Crippen molar-refractivity contribution >= 4 is 27.2 Å². The lowest BCUT2D eigenvalue weighted by Gasteiger charge is -2.15. The van der Waals surface area contributed by atoms with Crippen LogP contribution in [0.25, 0.3) is 11.0 Å². The second-order valence-electron chi connectivity index (χ2n) is 4.94. The lowest BCUT2D eigenvalue weighted by molar-refractivity contribution is -0.127. The van der Waals surface area contributed by atoms with E-state index in [1.54, 1.807) is 12.1 Å². The van der Waals surface area contributed by atoms with Crippen molar-refractivity contribution in [3.8, 4) is 0 Å². The predicted molar refractivity (Wildman–Crippen MR) is 70.5 cm³/mol. The van der Waals surface area contributed by atoms with Crippen molar-refractivity contribution in [2.75, 3.05) is 13.1 Å². The SMILES string of the molecule is O=C1CC(S(=O)(=O)F)CN1CCc1cccc2nonc12. The molecule has 1 atom stereocenters. The van der Waals surface area contributed by atoms with E-state index in [1.165, 1.54) is 4.90 Å². The molecule has 0 N–H and O–H groups in total. The summed E-state index contributed by atoms with van der Waals surface area (Å²) in [7, 11) is -4.68. The van der Waals surface area contributed by atoms with Gasteiger partial charge >= 0.3 is 10.2 Å². The minimum absolute atomic E-state index is 0.106. The summed E-state index contributed by atoms with van der Waals surface area (Å²) in [5, 5.41) is 6.26. The first-order valence-corrected chi connectivity index (χ1v) is 7.81. The molecule has 7 nitrogen and oxygen atoms in total. The van der Waals surface area contributed by atoms with Gasteiger partial charge in [0.25, 0.3) is 0 Å². The van der Waals surface area contributed by atoms with Crippen molar-refractivity contribution in [1.29, 1.82) is 0 Å². The highest BCUT2D eigenvalue weighted by atomic mass is 32.3. The molecule has 1 aromatic heterocycles. The summed E-state index contributed by atoms with van der Waals surface area (Å²) < 4.78 is 39.3. The third-order valence-corrected chi connectivity index (χ3v) is 4.71. The van der Waals surface area contributed by atoms with E-state index in [9.17, 15) is 17.1 Å².